The van der Waals surface area contributed by atoms with Crippen LogP contribution in [0, 0.1) is 36.8 Å². The lowest BCUT2D eigenvalue weighted by atomic mass is 10.1. The first-order chi connectivity index (χ1) is 14.2. The van der Waals surface area contributed by atoms with Crippen LogP contribution in [0.25, 0.3) is 6.08 Å². The van der Waals surface area contributed by atoms with Crippen LogP contribution in [-0.2, 0) is 16.1 Å². The van der Waals surface area contributed by atoms with Gasteiger partial charge in [-0.15, -0.1) is 0 Å². The number of hydrogen-bond acceptors (Lipinski definition) is 4. The zero-order valence-electron chi connectivity index (χ0n) is 17.3. The summed E-state index contributed by atoms with van der Waals surface area (Å²) in [4.78, 5) is 24.7. The highest BCUT2D eigenvalue weighted by Gasteiger charge is 2.22. The number of esters is 1. The highest BCUT2D eigenvalue weighted by molar-refractivity contribution is 5.99. The Morgan fingerprint density at radius 1 is 1.27 bits per heavy atom. The number of nitrogens with one attached hydrogen (secondary N) is 1. The van der Waals surface area contributed by atoms with Crippen LogP contribution < -0.4 is 5.32 Å². The fourth-order valence-corrected chi connectivity index (χ4v) is 3.31. The molecule has 1 aromatic carbocycles. The van der Waals surface area contributed by atoms with Crippen LogP contribution in [-0.4, -0.2) is 23.1 Å². The van der Waals surface area contributed by atoms with Crippen LogP contribution in [0.1, 0.15) is 52.8 Å². The Balaban J connectivity index is 2.31. The number of nitriles is 1. The lowest BCUT2D eigenvalue weighted by Crippen LogP contribution is -2.26. The molecule has 0 aliphatic rings. The summed E-state index contributed by atoms with van der Waals surface area (Å²) in [6.45, 7) is 8.10. The second-order valence-electron chi connectivity index (χ2n) is 6.49. The van der Waals surface area contributed by atoms with Crippen LogP contribution in [0.4, 0.5) is 8.78 Å². The van der Waals surface area contributed by atoms with Crippen LogP contribution in [0.5, 0.6) is 0 Å². The Kier molecular flexibility index (Phi) is 7.48. The van der Waals surface area contributed by atoms with Gasteiger partial charge < -0.3 is 14.6 Å². The van der Waals surface area contributed by atoms with E-state index in [4.69, 9.17) is 4.74 Å². The minimum absolute atomic E-state index is 0.142. The number of aromatic nitrogens is 1. The van der Waals surface area contributed by atoms with Crippen molar-refractivity contribution in [2.24, 2.45) is 0 Å². The number of nitrogens with zero attached hydrogens (tertiary/aromatic N) is 2. The molecule has 30 heavy (non-hydrogen) atoms. The van der Waals surface area contributed by atoms with Crippen molar-refractivity contribution in [1.29, 1.82) is 5.26 Å². The van der Waals surface area contributed by atoms with Crippen molar-refractivity contribution in [2.75, 3.05) is 6.61 Å². The molecular weight excluding hydrogens is 392 g/mol. The van der Waals surface area contributed by atoms with E-state index in [0.29, 0.717) is 23.7 Å². The molecule has 0 spiro atoms. The summed E-state index contributed by atoms with van der Waals surface area (Å²) in [6, 6.07) is 3.25. The van der Waals surface area contributed by atoms with Crippen molar-refractivity contribution in [2.45, 2.75) is 40.3 Å². The highest BCUT2D eigenvalue weighted by Crippen LogP contribution is 2.25. The molecule has 158 valence electrons. The zero-order chi connectivity index (χ0) is 22.4. The van der Waals surface area contributed by atoms with Crippen molar-refractivity contribution in [3.05, 3.63) is 64.0 Å². The van der Waals surface area contributed by atoms with Gasteiger partial charge in [0.25, 0.3) is 0 Å². The summed E-state index contributed by atoms with van der Waals surface area (Å²) < 4.78 is 34.1. The number of carbonyl (C=O) groups is 2. The molecule has 0 bridgehead atoms. The van der Waals surface area contributed by atoms with Gasteiger partial charge in [-0.2, -0.15) is 5.26 Å². The quantitative estimate of drug-likeness (QED) is 0.548. The molecule has 2 rings (SSSR count). The van der Waals surface area contributed by atoms with Gasteiger partial charge in [0.15, 0.2) is 0 Å². The number of hydrogen-bond donors (Lipinski definition) is 1. The molecule has 1 heterocycles. The minimum atomic E-state index is -1.30. The molecule has 0 saturated carbocycles. The van der Waals surface area contributed by atoms with E-state index in [9.17, 15) is 23.6 Å². The Morgan fingerprint density at radius 2 is 1.97 bits per heavy atom. The van der Waals surface area contributed by atoms with Crippen molar-refractivity contribution >= 4 is 18.0 Å². The first-order valence-electron chi connectivity index (χ1n) is 9.45. The first kappa shape index (κ1) is 22.8. The number of ether oxygens (including phenoxy) is 1. The lowest BCUT2D eigenvalue weighted by molar-refractivity contribution is -0.116. The van der Waals surface area contributed by atoms with E-state index in [-0.39, 0.29) is 12.2 Å². The average molecular weight is 415 g/mol. The largest absolute Gasteiger partial charge is 0.462 e. The van der Waals surface area contributed by atoms with Gasteiger partial charge in [-0.3, -0.25) is 4.79 Å². The molecule has 0 saturated heterocycles. The third-order valence-electron chi connectivity index (χ3n) is 4.72. The topological polar surface area (TPSA) is 84.1 Å². The maximum absolute atomic E-state index is 13.9. The average Bonchev–Trinajstić information content (AvgIpc) is 2.94. The third-order valence-corrected chi connectivity index (χ3v) is 4.72. The summed E-state index contributed by atoms with van der Waals surface area (Å²) in [5.74, 6) is -2.87. The highest BCUT2D eigenvalue weighted by atomic mass is 19.1. The van der Waals surface area contributed by atoms with Gasteiger partial charge in [0.05, 0.1) is 18.2 Å². The number of amides is 1. The van der Waals surface area contributed by atoms with E-state index in [1.54, 1.807) is 19.9 Å². The lowest BCUT2D eigenvalue weighted by Gasteiger charge is -2.11. The summed E-state index contributed by atoms with van der Waals surface area (Å²) in [5, 5.41) is 11.7. The van der Waals surface area contributed by atoms with Crippen LogP contribution in [0.15, 0.2) is 24.3 Å². The van der Waals surface area contributed by atoms with Gasteiger partial charge >= 0.3 is 5.97 Å². The monoisotopic (exact) mass is 415 g/mol. The molecule has 0 radical (unpaired) electrons. The Hall–Kier alpha value is -3.47. The van der Waals surface area contributed by atoms with E-state index < -0.39 is 29.6 Å². The normalized spacial score (nSPS) is 11.9. The molecule has 6 nitrogen and oxygen atoms in total. The fraction of sp³-hybridized carbons (Fsp3) is 0.318. The van der Waals surface area contributed by atoms with Crippen molar-refractivity contribution < 1.29 is 23.1 Å². The SMILES string of the molecule is CCOC(=O)c1c(/C=C/C(=O)NC(C#N)c2ccc(F)cc2F)c(C)n(CC)c1C. The van der Waals surface area contributed by atoms with Crippen molar-refractivity contribution in [1.82, 2.24) is 9.88 Å². The van der Waals surface area contributed by atoms with Gasteiger partial charge in [-0.1, -0.05) is 6.07 Å². The predicted molar refractivity (Wildman–Crippen MR) is 107 cm³/mol. The van der Waals surface area contributed by atoms with E-state index in [1.165, 1.54) is 6.08 Å². The fourth-order valence-electron chi connectivity index (χ4n) is 3.31. The maximum atomic E-state index is 13.9. The third kappa shape index (κ3) is 4.74. The van der Waals surface area contributed by atoms with Crippen LogP contribution >= 0.6 is 0 Å². The molecule has 1 amide bonds. The molecule has 1 N–H and O–H groups in total. The summed E-state index contributed by atoms with van der Waals surface area (Å²) in [5.41, 5.74) is 2.25. The van der Waals surface area contributed by atoms with Crippen LogP contribution in [0.3, 0.4) is 0 Å². The van der Waals surface area contributed by atoms with Gasteiger partial charge in [0.2, 0.25) is 5.91 Å². The van der Waals surface area contributed by atoms with Gasteiger partial charge in [-0.25, -0.2) is 13.6 Å². The standard InChI is InChI=1S/C22H23F2N3O3/c1-5-27-13(3)16(21(14(27)4)22(29)30-6-2)9-10-20(28)26-19(12-25)17-8-7-15(23)11-18(17)24/h7-11,19H,5-6H2,1-4H3,(H,26,28)/b10-9+. The Labute approximate surface area is 173 Å². The first-order valence-corrected chi connectivity index (χ1v) is 9.45. The Bertz CT molecular complexity index is 1040. The zero-order valence-corrected chi connectivity index (χ0v) is 17.3. The van der Waals surface area contributed by atoms with E-state index in [1.807, 2.05) is 18.4 Å². The molecule has 0 fully saturated rings. The van der Waals surface area contributed by atoms with Gasteiger partial charge in [-0.05, 0) is 39.8 Å². The second kappa shape index (κ2) is 9.83. The maximum Gasteiger partial charge on any atom is 0.340 e. The summed E-state index contributed by atoms with van der Waals surface area (Å²) in [6.07, 6.45) is 2.63. The van der Waals surface area contributed by atoms with E-state index in [0.717, 1.165) is 29.6 Å². The smallest absolute Gasteiger partial charge is 0.340 e. The summed E-state index contributed by atoms with van der Waals surface area (Å²) >= 11 is 0. The van der Waals surface area contributed by atoms with Crippen molar-refractivity contribution in [3.63, 3.8) is 0 Å². The van der Waals surface area contributed by atoms with Gasteiger partial charge in [0.1, 0.15) is 17.7 Å². The number of carbonyl (C=O) groups excluding carboxylic acids is 2. The molecule has 1 atom stereocenters. The molecular formula is C22H23F2N3O3. The molecule has 1 unspecified atom stereocenters. The van der Waals surface area contributed by atoms with E-state index in [2.05, 4.69) is 5.32 Å². The Morgan fingerprint density at radius 3 is 2.53 bits per heavy atom. The van der Waals surface area contributed by atoms with Gasteiger partial charge in [0, 0.05) is 41.2 Å². The van der Waals surface area contributed by atoms with E-state index >= 15 is 0 Å². The number of benzene rings is 1. The number of rotatable bonds is 7. The van der Waals surface area contributed by atoms with Crippen LogP contribution in [0.2, 0.25) is 0 Å². The second-order valence-corrected chi connectivity index (χ2v) is 6.49. The summed E-state index contributed by atoms with van der Waals surface area (Å²) in [7, 11) is 0. The molecule has 1 aromatic heterocycles. The molecule has 0 aliphatic heterocycles. The predicted octanol–water partition coefficient (Wildman–Crippen LogP) is 3.97. The molecule has 2 aromatic rings. The number of halogens is 2. The molecule has 0 aliphatic carbocycles. The molecule has 8 heteroatoms. The minimum Gasteiger partial charge on any atom is -0.462 e. The van der Waals surface area contributed by atoms with Crippen molar-refractivity contribution in [3.8, 4) is 6.07 Å².